The Kier molecular flexibility index (Phi) is 5.01. The molecule has 0 unspecified atom stereocenters. The van der Waals surface area contributed by atoms with E-state index in [9.17, 15) is 9.59 Å². The van der Waals surface area contributed by atoms with Crippen LogP contribution in [-0.2, 0) is 0 Å². The van der Waals surface area contributed by atoms with E-state index in [1.165, 1.54) is 12.4 Å². The van der Waals surface area contributed by atoms with Crippen LogP contribution in [0.3, 0.4) is 0 Å². The van der Waals surface area contributed by atoms with E-state index in [1.54, 1.807) is 28.9 Å². The molecule has 3 heterocycles. The van der Waals surface area contributed by atoms with Crippen LogP contribution in [0.1, 0.15) is 28.7 Å². The van der Waals surface area contributed by atoms with Crippen LogP contribution in [0.5, 0.6) is 5.75 Å². The summed E-state index contributed by atoms with van der Waals surface area (Å²) < 4.78 is 12.5. The van der Waals surface area contributed by atoms with Crippen LogP contribution >= 0.6 is 0 Å². The number of hydrogen-bond donors (Lipinski definition) is 1. The van der Waals surface area contributed by atoms with Gasteiger partial charge in [0.15, 0.2) is 17.2 Å². The van der Waals surface area contributed by atoms with Gasteiger partial charge < -0.3 is 14.5 Å². The third kappa shape index (κ3) is 3.64. The number of para-hydroxylation sites is 1. The molecule has 1 amide bonds. The fraction of sp³-hybridized carbons (Fsp3) is 0.190. The Morgan fingerprint density at radius 2 is 2.03 bits per heavy atom. The zero-order valence-corrected chi connectivity index (χ0v) is 16.7. The van der Waals surface area contributed by atoms with Crippen LogP contribution in [-0.4, -0.2) is 32.3 Å². The van der Waals surface area contributed by atoms with E-state index in [2.05, 4.69) is 20.4 Å². The van der Waals surface area contributed by atoms with E-state index >= 15 is 0 Å². The van der Waals surface area contributed by atoms with Gasteiger partial charge in [0, 0.05) is 17.1 Å². The minimum atomic E-state index is -0.764. The third-order valence-corrected chi connectivity index (χ3v) is 4.39. The highest BCUT2D eigenvalue weighted by Gasteiger charge is 2.17. The van der Waals surface area contributed by atoms with Crippen LogP contribution in [0.4, 0.5) is 5.82 Å². The number of nitrogens with zero attached hydrogens (tertiary/aromatic N) is 4. The molecule has 9 nitrogen and oxygen atoms in total. The predicted molar refractivity (Wildman–Crippen MR) is 110 cm³/mol. The molecule has 0 aliphatic carbocycles. The Balaban J connectivity index is 1.65. The van der Waals surface area contributed by atoms with Crippen molar-refractivity contribution < 1.29 is 13.9 Å². The number of hydrogen-bond acceptors (Lipinski definition) is 7. The molecule has 0 atom stereocenters. The zero-order chi connectivity index (χ0) is 21.3. The fourth-order valence-electron chi connectivity index (χ4n) is 3.12. The number of ether oxygens (including phenoxy) is 1. The van der Waals surface area contributed by atoms with E-state index < -0.39 is 11.5 Å². The molecular weight excluding hydrogens is 386 g/mol. The van der Waals surface area contributed by atoms with Crippen molar-refractivity contribution in [3.8, 4) is 11.6 Å². The molecule has 0 aliphatic heterocycles. The smallest absolute Gasteiger partial charge is 0.349 e. The summed E-state index contributed by atoms with van der Waals surface area (Å²) in [6.07, 6.45) is 1.32. The molecule has 30 heavy (non-hydrogen) atoms. The molecule has 3 aromatic heterocycles. The van der Waals surface area contributed by atoms with Gasteiger partial charge in [-0.2, -0.15) is 5.10 Å². The standard InChI is InChI=1S/C21H19N5O4/c1-4-29-16-7-5-6-14-9-15(21(28)30-19(14)16)20(27)24-17-10-18(23-11-22-17)26-13(3)8-12(2)25-26/h5-11H,4H2,1-3H3,(H,22,23,24,27). The predicted octanol–water partition coefficient (Wildman–Crippen LogP) is 3.04. The van der Waals surface area contributed by atoms with Gasteiger partial charge in [0.25, 0.3) is 5.91 Å². The average molecular weight is 405 g/mol. The highest BCUT2D eigenvalue weighted by atomic mass is 16.5. The molecule has 0 saturated heterocycles. The largest absolute Gasteiger partial charge is 0.490 e. The lowest BCUT2D eigenvalue weighted by molar-refractivity contribution is 0.102. The maximum atomic E-state index is 12.7. The monoisotopic (exact) mass is 405 g/mol. The quantitative estimate of drug-likeness (QED) is 0.508. The molecule has 0 saturated carbocycles. The Morgan fingerprint density at radius 1 is 1.20 bits per heavy atom. The lowest BCUT2D eigenvalue weighted by atomic mass is 10.1. The Bertz CT molecular complexity index is 1310. The topological polar surface area (TPSA) is 112 Å². The number of carbonyl (C=O) groups excluding carboxylic acids is 1. The Hall–Kier alpha value is -4.01. The molecule has 1 N–H and O–H groups in total. The first-order valence-electron chi connectivity index (χ1n) is 9.33. The lowest BCUT2D eigenvalue weighted by Crippen LogP contribution is -2.21. The number of aryl methyl sites for hydroxylation is 2. The van der Waals surface area contributed by atoms with Crippen molar-refractivity contribution in [2.45, 2.75) is 20.8 Å². The van der Waals surface area contributed by atoms with Crippen molar-refractivity contribution in [1.29, 1.82) is 0 Å². The summed E-state index contributed by atoms with van der Waals surface area (Å²) in [5.74, 6) is 0.549. The van der Waals surface area contributed by atoms with Crippen molar-refractivity contribution in [3.05, 3.63) is 70.1 Å². The Labute approximate surface area is 171 Å². The first-order valence-corrected chi connectivity index (χ1v) is 9.33. The molecule has 0 fully saturated rings. The lowest BCUT2D eigenvalue weighted by Gasteiger charge is -2.08. The van der Waals surface area contributed by atoms with E-state index in [4.69, 9.17) is 9.15 Å². The first-order chi connectivity index (χ1) is 14.5. The molecule has 0 aliphatic rings. The second kappa shape index (κ2) is 7.78. The summed E-state index contributed by atoms with van der Waals surface area (Å²) >= 11 is 0. The van der Waals surface area contributed by atoms with Crippen LogP contribution in [0, 0.1) is 13.8 Å². The number of rotatable bonds is 5. The zero-order valence-electron chi connectivity index (χ0n) is 16.7. The van der Waals surface area contributed by atoms with E-state index in [0.717, 1.165) is 11.4 Å². The minimum absolute atomic E-state index is 0.137. The third-order valence-electron chi connectivity index (χ3n) is 4.39. The maximum absolute atomic E-state index is 12.7. The van der Waals surface area contributed by atoms with Gasteiger partial charge in [0.1, 0.15) is 17.7 Å². The van der Waals surface area contributed by atoms with Crippen LogP contribution in [0.15, 0.2) is 51.9 Å². The van der Waals surface area contributed by atoms with E-state index in [1.807, 2.05) is 26.8 Å². The van der Waals surface area contributed by atoms with Crippen molar-refractivity contribution in [2.24, 2.45) is 0 Å². The molecule has 4 aromatic rings. The van der Waals surface area contributed by atoms with E-state index in [-0.39, 0.29) is 11.4 Å². The molecule has 0 bridgehead atoms. The summed E-state index contributed by atoms with van der Waals surface area (Å²) in [4.78, 5) is 33.4. The van der Waals surface area contributed by atoms with Gasteiger partial charge in [0.05, 0.1) is 12.3 Å². The second-order valence-corrected chi connectivity index (χ2v) is 6.61. The van der Waals surface area contributed by atoms with Crippen LogP contribution in [0.2, 0.25) is 0 Å². The number of anilines is 1. The molecule has 1 aromatic carbocycles. The van der Waals surface area contributed by atoms with E-state index in [0.29, 0.717) is 29.1 Å². The van der Waals surface area contributed by atoms with Gasteiger partial charge in [-0.3, -0.25) is 4.79 Å². The van der Waals surface area contributed by atoms with Crippen molar-refractivity contribution in [2.75, 3.05) is 11.9 Å². The van der Waals surface area contributed by atoms with Gasteiger partial charge in [0.2, 0.25) is 0 Å². The van der Waals surface area contributed by atoms with Gasteiger partial charge in [-0.05, 0) is 39.0 Å². The highest BCUT2D eigenvalue weighted by Crippen LogP contribution is 2.25. The van der Waals surface area contributed by atoms with Gasteiger partial charge in [-0.1, -0.05) is 12.1 Å². The molecule has 4 rings (SSSR count). The minimum Gasteiger partial charge on any atom is -0.490 e. The maximum Gasteiger partial charge on any atom is 0.349 e. The number of aromatic nitrogens is 4. The molecule has 0 radical (unpaired) electrons. The fourth-order valence-corrected chi connectivity index (χ4v) is 3.12. The number of carbonyl (C=O) groups is 1. The summed E-state index contributed by atoms with van der Waals surface area (Å²) in [6, 6.07) is 10.2. The summed E-state index contributed by atoms with van der Waals surface area (Å²) in [6.45, 7) is 6.04. The number of benzene rings is 1. The van der Waals surface area contributed by atoms with Crippen molar-refractivity contribution in [3.63, 3.8) is 0 Å². The van der Waals surface area contributed by atoms with Gasteiger partial charge in [-0.25, -0.2) is 19.4 Å². The highest BCUT2D eigenvalue weighted by molar-refractivity contribution is 6.05. The summed E-state index contributed by atoms with van der Waals surface area (Å²) in [5, 5.41) is 7.57. The van der Waals surface area contributed by atoms with Gasteiger partial charge >= 0.3 is 5.63 Å². The average Bonchev–Trinajstić information content (AvgIpc) is 3.06. The summed E-state index contributed by atoms with van der Waals surface area (Å²) in [7, 11) is 0. The van der Waals surface area contributed by atoms with Crippen molar-refractivity contribution >= 4 is 22.7 Å². The van der Waals surface area contributed by atoms with Crippen LogP contribution < -0.4 is 15.7 Å². The van der Waals surface area contributed by atoms with Crippen LogP contribution in [0.25, 0.3) is 16.8 Å². The number of amides is 1. The Morgan fingerprint density at radius 3 is 2.77 bits per heavy atom. The summed E-state index contributed by atoms with van der Waals surface area (Å²) in [5.41, 5.74) is 1.14. The van der Waals surface area contributed by atoms with Gasteiger partial charge in [-0.15, -0.1) is 0 Å². The van der Waals surface area contributed by atoms with Crippen molar-refractivity contribution in [1.82, 2.24) is 19.7 Å². The number of nitrogens with one attached hydrogen (secondary N) is 1. The first kappa shape index (κ1) is 19.3. The molecule has 0 spiro atoms. The SMILES string of the molecule is CCOc1cccc2cc(C(=O)Nc3cc(-n4nc(C)cc4C)ncn3)c(=O)oc12. The molecule has 152 valence electrons. The molecular formula is C21H19N5O4. The second-order valence-electron chi connectivity index (χ2n) is 6.61. The normalized spacial score (nSPS) is 10.9. The number of fused-ring (bicyclic) bond motifs is 1. The molecule has 9 heteroatoms.